The lowest BCUT2D eigenvalue weighted by Crippen LogP contribution is -2.44. The van der Waals surface area contributed by atoms with Crippen molar-refractivity contribution >= 4 is 28.5 Å². The van der Waals surface area contributed by atoms with Gasteiger partial charge in [-0.3, -0.25) is 0 Å². The maximum atomic E-state index is 15.4. The van der Waals surface area contributed by atoms with Crippen molar-refractivity contribution in [3.05, 3.63) is 64.2 Å². The SMILES string of the molecule is CC1=Cc2cc3nc(C)nc(N[C@H](C)c4cccc(C(F)(F)C(C)(C)O)c4F)c3cc2N(C)C1(C)C. The lowest BCUT2D eigenvalue weighted by molar-refractivity contribution is -0.170. The molecule has 0 radical (unpaired) electrons. The Hall–Kier alpha value is -3.13. The Bertz CT molecular complexity index is 1380. The molecule has 1 aliphatic rings. The summed E-state index contributed by atoms with van der Waals surface area (Å²) in [7, 11) is 2.04. The predicted octanol–water partition coefficient (Wildman–Crippen LogP) is 6.74. The van der Waals surface area contributed by atoms with Crippen LogP contribution < -0.4 is 10.2 Å². The number of anilines is 2. The number of hydrogen-bond donors (Lipinski definition) is 2. The van der Waals surface area contributed by atoms with Gasteiger partial charge >= 0.3 is 5.92 Å². The number of benzene rings is 2. The van der Waals surface area contributed by atoms with Crippen LogP contribution in [0, 0.1) is 12.7 Å². The molecule has 5 nitrogen and oxygen atoms in total. The van der Waals surface area contributed by atoms with Gasteiger partial charge in [0.25, 0.3) is 0 Å². The summed E-state index contributed by atoms with van der Waals surface area (Å²) in [6.07, 6.45) is 2.16. The molecular weight excluding hydrogens is 465 g/mol. The second-order valence-electron chi connectivity index (χ2n) is 10.7. The van der Waals surface area contributed by atoms with Crippen molar-refractivity contribution in [1.82, 2.24) is 9.97 Å². The molecule has 1 aliphatic heterocycles. The van der Waals surface area contributed by atoms with Crippen molar-refractivity contribution in [2.75, 3.05) is 17.3 Å². The number of aromatic nitrogens is 2. The Kier molecular flexibility index (Phi) is 6.11. The van der Waals surface area contributed by atoms with E-state index in [0.717, 1.165) is 42.1 Å². The van der Waals surface area contributed by atoms with Gasteiger partial charge in [0.1, 0.15) is 23.1 Å². The van der Waals surface area contributed by atoms with E-state index < -0.39 is 28.9 Å². The van der Waals surface area contributed by atoms with Crippen LogP contribution in [0.5, 0.6) is 0 Å². The smallest absolute Gasteiger partial charge is 0.303 e. The topological polar surface area (TPSA) is 61.3 Å². The fourth-order valence-corrected chi connectivity index (χ4v) is 4.53. The number of aryl methyl sites for hydroxylation is 1. The summed E-state index contributed by atoms with van der Waals surface area (Å²) in [6, 6.07) is 7.17. The molecular formula is C28H33F3N4O. The van der Waals surface area contributed by atoms with Crippen molar-refractivity contribution in [1.29, 1.82) is 0 Å². The third kappa shape index (κ3) is 4.11. The van der Waals surface area contributed by atoms with E-state index >= 15 is 4.39 Å². The van der Waals surface area contributed by atoms with E-state index in [9.17, 15) is 13.9 Å². The van der Waals surface area contributed by atoms with Crippen molar-refractivity contribution < 1.29 is 18.3 Å². The van der Waals surface area contributed by atoms with Gasteiger partial charge in [-0.2, -0.15) is 8.78 Å². The Labute approximate surface area is 210 Å². The lowest BCUT2D eigenvalue weighted by atomic mass is 9.86. The summed E-state index contributed by atoms with van der Waals surface area (Å²) in [5.74, 6) is -3.80. The monoisotopic (exact) mass is 498 g/mol. The molecule has 8 heteroatoms. The maximum absolute atomic E-state index is 15.4. The standard InChI is InChI=1S/C28H33F3N4O/c1-15-12-18-13-22-20(14-23(18)35(8)26(15,4)5)25(34-17(3)33-22)32-16(2)19-10-9-11-21(24(19)29)28(30,31)27(6,7)36/h9-14,16,36H,1-8H3,(H,32,33,34)/t16-/m1/s1. The van der Waals surface area contributed by atoms with Crippen molar-refractivity contribution in [3.63, 3.8) is 0 Å². The first-order valence-electron chi connectivity index (χ1n) is 12.0. The van der Waals surface area contributed by atoms with Gasteiger partial charge in [-0.05, 0) is 72.2 Å². The number of rotatable bonds is 5. The number of fused-ring (bicyclic) bond motifs is 2. The number of nitrogens with zero attached hydrogens (tertiary/aromatic N) is 3. The van der Waals surface area contributed by atoms with Gasteiger partial charge in [-0.15, -0.1) is 0 Å². The third-order valence-electron chi connectivity index (χ3n) is 7.45. The van der Waals surface area contributed by atoms with Crippen LogP contribution in [0.1, 0.15) is 70.1 Å². The highest BCUT2D eigenvalue weighted by Crippen LogP contribution is 2.43. The van der Waals surface area contributed by atoms with E-state index in [4.69, 9.17) is 0 Å². The second kappa shape index (κ2) is 8.47. The van der Waals surface area contributed by atoms with Crippen LogP contribution >= 0.6 is 0 Å². The zero-order valence-corrected chi connectivity index (χ0v) is 22.0. The molecule has 2 aromatic carbocycles. The number of aliphatic hydroxyl groups is 1. The van der Waals surface area contributed by atoms with Crippen LogP contribution in [0.25, 0.3) is 17.0 Å². The molecule has 4 rings (SSSR count). The zero-order chi connectivity index (χ0) is 26.8. The van der Waals surface area contributed by atoms with Gasteiger partial charge in [0.15, 0.2) is 0 Å². The normalized spacial score (nSPS) is 16.6. The van der Waals surface area contributed by atoms with E-state index in [2.05, 4.69) is 47.0 Å². The molecule has 2 heterocycles. The van der Waals surface area contributed by atoms with Gasteiger partial charge in [-0.25, -0.2) is 14.4 Å². The summed E-state index contributed by atoms with van der Waals surface area (Å²) in [5.41, 5.74) is 0.632. The molecule has 0 saturated heterocycles. The van der Waals surface area contributed by atoms with Crippen molar-refractivity contribution in [3.8, 4) is 0 Å². The molecule has 3 aromatic rings. The van der Waals surface area contributed by atoms with Crippen LogP contribution in [0.3, 0.4) is 0 Å². The molecule has 0 fully saturated rings. The summed E-state index contributed by atoms with van der Waals surface area (Å²) in [6.45, 7) is 11.8. The Morgan fingerprint density at radius 2 is 1.78 bits per heavy atom. The van der Waals surface area contributed by atoms with E-state index in [1.165, 1.54) is 17.7 Å². The van der Waals surface area contributed by atoms with Gasteiger partial charge in [-0.1, -0.05) is 18.2 Å². The van der Waals surface area contributed by atoms with E-state index in [1.54, 1.807) is 13.8 Å². The minimum atomic E-state index is -3.77. The molecule has 2 N–H and O–H groups in total. The molecule has 0 amide bonds. The predicted molar refractivity (Wildman–Crippen MR) is 139 cm³/mol. The number of likely N-dealkylation sites (N-methyl/N-ethyl adjacent to an activating group) is 1. The zero-order valence-electron chi connectivity index (χ0n) is 22.0. The average molecular weight is 499 g/mol. The number of hydrogen-bond acceptors (Lipinski definition) is 5. The second-order valence-corrected chi connectivity index (χ2v) is 10.7. The van der Waals surface area contributed by atoms with Gasteiger partial charge in [0.2, 0.25) is 0 Å². The Morgan fingerprint density at radius 3 is 2.42 bits per heavy atom. The highest BCUT2D eigenvalue weighted by molar-refractivity contribution is 5.96. The third-order valence-corrected chi connectivity index (χ3v) is 7.45. The quantitative estimate of drug-likeness (QED) is 0.408. The first-order chi connectivity index (χ1) is 16.6. The van der Waals surface area contributed by atoms with Crippen LogP contribution in [-0.2, 0) is 5.92 Å². The van der Waals surface area contributed by atoms with Crippen LogP contribution in [0.15, 0.2) is 35.9 Å². The molecule has 1 aromatic heterocycles. The van der Waals surface area contributed by atoms with Gasteiger partial charge in [0, 0.05) is 29.2 Å². The Balaban J connectivity index is 1.79. The van der Waals surface area contributed by atoms with Crippen LogP contribution in [0.2, 0.25) is 0 Å². The van der Waals surface area contributed by atoms with Crippen LogP contribution in [-0.4, -0.2) is 33.3 Å². The number of alkyl halides is 2. The van der Waals surface area contributed by atoms with Gasteiger partial charge in [0.05, 0.1) is 22.7 Å². The first-order valence-corrected chi connectivity index (χ1v) is 12.0. The van der Waals surface area contributed by atoms with Crippen LogP contribution in [0.4, 0.5) is 24.7 Å². The summed E-state index contributed by atoms with van der Waals surface area (Å²) >= 11 is 0. The summed E-state index contributed by atoms with van der Waals surface area (Å²) in [4.78, 5) is 11.4. The average Bonchev–Trinajstić information content (AvgIpc) is 2.76. The van der Waals surface area contributed by atoms with Gasteiger partial charge < -0.3 is 15.3 Å². The van der Waals surface area contributed by atoms with E-state index in [0.29, 0.717) is 11.6 Å². The largest absolute Gasteiger partial charge is 0.384 e. The van der Waals surface area contributed by atoms with Crippen molar-refractivity contribution in [2.45, 2.75) is 71.6 Å². The molecule has 0 spiro atoms. The molecule has 192 valence electrons. The van der Waals surface area contributed by atoms with E-state index in [1.807, 2.05) is 19.2 Å². The summed E-state index contributed by atoms with van der Waals surface area (Å²) < 4.78 is 45.0. The summed E-state index contributed by atoms with van der Waals surface area (Å²) in [5, 5.41) is 13.9. The molecule has 1 atom stereocenters. The fourth-order valence-electron chi connectivity index (χ4n) is 4.53. The highest BCUT2D eigenvalue weighted by atomic mass is 19.3. The molecule has 0 aliphatic carbocycles. The number of nitrogens with one attached hydrogen (secondary N) is 1. The lowest BCUT2D eigenvalue weighted by Gasteiger charge is -2.42. The molecule has 36 heavy (non-hydrogen) atoms. The minimum Gasteiger partial charge on any atom is -0.384 e. The minimum absolute atomic E-state index is 0.0515. The fraction of sp³-hybridized carbons (Fsp3) is 0.429. The maximum Gasteiger partial charge on any atom is 0.303 e. The highest BCUT2D eigenvalue weighted by Gasteiger charge is 2.49. The molecule has 0 saturated carbocycles. The first kappa shape index (κ1) is 25.9. The van der Waals surface area contributed by atoms with Crippen molar-refractivity contribution in [2.24, 2.45) is 0 Å². The molecule has 0 bridgehead atoms. The number of halogens is 3. The Morgan fingerprint density at radius 1 is 1.11 bits per heavy atom. The molecule has 0 unspecified atom stereocenters. The van der Waals surface area contributed by atoms with E-state index in [-0.39, 0.29) is 11.1 Å².